The van der Waals surface area contributed by atoms with E-state index in [-0.39, 0.29) is 24.9 Å². The van der Waals surface area contributed by atoms with Gasteiger partial charge in [-0.2, -0.15) is 0 Å². The van der Waals surface area contributed by atoms with Gasteiger partial charge in [-0.05, 0) is 36.4 Å². The molecule has 1 fully saturated rings. The Labute approximate surface area is 204 Å². The number of fused-ring (bicyclic) bond motifs is 2. The normalized spacial score (nSPS) is 15.8. The van der Waals surface area contributed by atoms with E-state index in [1.165, 1.54) is 5.69 Å². The molecule has 9 nitrogen and oxygen atoms in total. The fraction of sp³-hybridized carbons (Fsp3) is 0.375. The van der Waals surface area contributed by atoms with E-state index in [1.807, 2.05) is 30.5 Å². The number of piperazine rings is 1. The number of amides is 1. The van der Waals surface area contributed by atoms with Crippen molar-refractivity contribution in [3.63, 3.8) is 0 Å². The third kappa shape index (κ3) is 5.32. The molecule has 0 spiro atoms. The first kappa shape index (κ1) is 24.0. The maximum absolute atomic E-state index is 11.5. The van der Waals surface area contributed by atoms with Gasteiger partial charge in [0.2, 0.25) is 0 Å². The number of carbonyl (C=O) groups excluding carboxylic acids is 1. The molecule has 0 unspecified atom stereocenters. The summed E-state index contributed by atoms with van der Waals surface area (Å²) >= 11 is 0. The van der Waals surface area contributed by atoms with Gasteiger partial charge in [-0.1, -0.05) is 0 Å². The Bertz CT molecular complexity index is 1150. The number of nitrogens with one attached hydrogen (secondary N) is 2. The lowest BCUT2D eigenvalue weighted by molar-refractivity contribution is -0.118. The highest BCUT2D eigenvalue weighted by Gasteiger charge is 2.19. The number of rotatable bonds is 7. The van der Waals surface area contributed by atoms with Gasteiger partial charge in [-0.25, -0.2) is 4.98 Å². The van der Waals surface area contributed by atoms with Crippen LogP contribution >= 0.6 is 12.4 Å². The number of hydrogen-bond acceptors (Lipinski definition) is 8. The highest BCUT2D eigenvalue weighted by atomic mass is 35.5. The molecule has 0 atom stereocenters. The predicted octanol–water partition coefficient (Wildman–Crippen LogP) is 2.30. The quantitative estimate of drug-likeness (QED) is 0.494. The van der Waals surface area contributed by atoms with Gasteiger partial charge in [0.1, 0.15) is 5.75 Å². The fourth-order valence-corrected chi connectivity index (χ4v) is 4.28. The second-order valence-electron chi connectivity index (χ2n) is 8.20. The number of benzene rings is 1. The van der Waals surface area contributed by atoms with Gasteiger partial charge in [-0.3, -0.25) is 14.7 Å². The maximum atomic E-state index is 11.5. The zero-order valence-electron chi connectivity index (χ0n) is 19.1. The van der Waals surface area contributed by atoms with Crippen LogP contribution in [0.3, 0.4) is 0 Å². The Balaban J connectivity index is 0.00000274. The molecule has 180 valence electrons. The lowest BCUT2D eigenvalue weighted by atomic mass is 10.1. The van der Waals surface area contributed by atoms with Crippen molar-refractivity contribution in [1.29, 1.82) is 0 Å². The fourth-order valence-electron chi connectivity index (χ4n) is 4.28. The number of ether oxygens (including phenoxy) is 2. The summed E-state index contributed by atoms with van der Waals surface area (Å²) in [5, 5.41) is 7.33. The molecule has 1 amide bonds. The molecule has 3 aromatic rings. The number of hydrogen-bond donors (Lipinski definition) is 2. The van der Waals surface area contributed by atoms with E-state index < -0.39 is 0 Å². The summed E-state index contributed by atoms with van der Waals surface area (Å²) < 4.78 is 10.8. The van der Waals surface area contributed by atoms with Crippen molar-refractivity contribution in [3.05, 3.63) is 48.3 Å². The minimum Gasteiger partial charge on any atom is -0.497 e. The molecule has 1 saturated heterocycles. The van der Waals surface area contributed by atoms with Crippen LogP contribution in [0, 0.1) is 0 Å². The van der Waals surface area contributed by atoms with E-state index in [9.17, 15) is 4.79 Å². The largest absolute Gasteiger partial charge is 0.497 e. The second kappa shape index (κ2) is 10.9. The second-order valence-corrected chi connectivity index (χ2v) is 8.20. The molecule has 34 heavy (non-hydrogen) atoms. The van der Waals surface area contributed by atoms with E-state index >= 15 is 0 Å². The number of nitrogens with zero attached hydrogens (tertiary/aromatic N) is 4. The minimum absolute atomic E-state index is 0. The van der Waals surface area contributed by atoms with Gasteiger partial charge in [0, 0.05) is 63.1 Å². The smallest absolute Gasteiger partial charge is 0.263 e. The molecule has 4 heterocycles. The van der Waals surface area contributed by atoms with Gasteiger partial charge < -0.3 is 25.0 Å². The summed E-state index contributed by atoms with van der Waals surface area (Å²) in [6.45, 7) is 6.51. The zero-order valence-corrected chi connectivity index (χ0v) is 19.9. The molecular weight excluding hydrogens is 456 g/mol. The molecule has 0 bridgehead atoms. The van der Waals surface area contributed by atoms with Crippen molar-refractivity contribution >= 4 is 40.7 Å². The Hall–Kier alpha value is -3.14. The molecule has 0 saturated carbocycles. The van der Waals surface area contributed by atoms with Crippen molar-refractivity contribution in [3.8, 4) is 11.5 Å². The minimum atomic E-state index is -0.168. The first-order valence-electron chi connectivity index (χ1n) is 11.2. The number of methoxy groups -OCH3 is 1. The van der Waals surface area contributed by atoms with Crippen molar-refractivity contribution in [2.45, 2.75) is 6.54 Å². The highest BCUT2D eigenvalue weighted by molar-refractivity contribution is 5.94. The Morgan fingerprint density at radius 3 is 2.82 bits per heavy atom. The van der Waals surface area contributed by atoms with E-state index in [0.29, 0.717) is 18.1 Å². The van der Waals surface area contributed by atoms with Gasteiger partial charge >= 0.3 is 0 Å². The molecule has 0 radical (unpaired) electrons. The summed E-state index contributed by atoms with van der Waals surface area (Å²) in [5.41, 5.74) is 3.08. The summed E-state index contributed by atoms with van der Waals surface area (Å²) in [5.74, 6) is 1.81. The predicted molar refractivity (Wildman–Crippen MR) is 134 cm³/mol. The third-order valence-corrected chi connectivity index (χ3v) is 6.08. The lowest BCUT2D eigenvalue weighted by Crippen LogP contribution is -2.48. The Kier molecular flexibility index (Phi) is 7.66. The van der Waals surface area contributed by atoms with Crippen LogP contribution in [0.25, 0.3) is 10.9 Å². The van der Waals surface area contributed by atoms with E-state index in [2.05, 4.69) is 42.5 Å². The molecular formula is C24H29ClN6O3. The molecule has 1 aromatic carbocycles. The highest BCUT2D eigenvalue weighted by Crippen LogP contribution is 2.29. The number of aromatic nitrogens is 2. The van der Waals surface area contributed by atoms with Crippen LogP contribution in [0.5, 0.6) is 11.5 Å². The van der Waals surface area contributed by atoms with Crippen molar-refractivity contribution in [2.24, 2.45) is 0 Å². The van der Waals surface area contributed by atoms with E-state index in [1.54, 1.807) is 7.11 Å². The van der Waals surface area contributed by atoms with Gasteiger partial charge in [0.05, 0.1) is 18.3 Å². The number of carbonyl (C=O) groups is 1. The first-order valence-corrected chi connectivity index (χ1v) is 11.2. The SMILES string of the molecule is COc1ccc2nccc(N3CCN(CCNCc4ccc5c(n4)NC(=O)CO5)CC3)c2c1.Cl. The lowest BCUT2D eigenvalue weighted by Gasteiger charge is -2.36. The van der Waals surface area contributed by atoms with Crippen molar-refractivity contribution in [2.75, 3.05) is 63.2 Å². The molecule has 2 aliphatic rings. The average molecular weight is 485 g/mol. The monoisotopic (exact) mass is 484 g/mol. The summed E-state index contributed by atoms with van der Waals surface area (Å²) in [6, 6.07) is 11.9. The average Bonchev–Trinajstić information content (AvgIpc) is 2.86. The Morgan fingerprint density at radius 1 is 1.15 bits per heavy atom. The first-order chi connectivity index (χ1) is 16.2. The van der Waals surface area contributed by atoms with Crippen LogP contribution in [0.1, 0.15) is 5.69 Å². The summed E-state index contributed by atoms with van der Waals surface area (Å²) in [6.07, 6.45) is 1.88. The van der Waals surface area contributed by atoms with Crippen LogP contribution in [0.4, 0.5) is 11.5 Å². The molecule has 0 aliphatic carbocycles. The summed E-state index contributed by atoms with van der Waals surface area (Å²) in [4.78, 5) is 25.3. The van der Waals surface area contributed by atoms with E-state index in [4.69, 9.17) is 9.47 Å². The number of pyridine rings is 2. The van der Waals surface area contributed by atoms with Crippen LogP contribution in [0.2, 0.25) is 0 Å². The van der Waals surface area contributed by atoms with Gasteiger partial charge in [-0.15, -0.1) is 12.4 Å². The number of anilines is 2. The van der Waals surface area contributed by atoms with Crippen LogP contribution in [0.15, 0.2) is 42.6 Å². The zero-order chi connectivity index (χ0) is 22.6. The van der Waals surface area contributed by atoms with Crippen LogP contribution < -0.4 is 25.0 Å². The maximum Gasteiger partial charge on any atom is 0.263 e. The molecule has 2 aromatic heterocycles. The van der Waals surface area contributed by atoms with Crippen molar-refractivity contribution in [1.82, 2.24) is 20.2 Å². The van der Waals surface area contributed by atoms with E-state index in [0.717, 1.165) is 61.6 Å². The topological polar surface area (TPSA) is 91.9 Å². The third-order valence-electron chi connectivity index (χ3n) is 6.08. The molecule has 5 rings (SSSR count). The molecule has 2 aliphatic heterocycles. The van der Waals surface area contributed by atoms with Crippen LogP contribution in [-0.2, 0) is 11.3 Å². The molecule has 2 N–H and O–H groups in total. The van der Waals surface area contributed by atoms with Gasteiger partial charge in [0.15, 0.2) is 18.2 Å². The number of halogens is 1. The van der Waals surface area contributed by atoms with Crippen LogP contribution in [-0.4, -0.2) is 73.8 Å². The summed E-state index contributed by atoms with van der Waals surface area (Å²) in [7, 11) is 1.69. The molecule has 10 heteroatoms. The van der Waals surface area contributed by atoms with Gasteiger partial charge in [0.25, 0.3) is 5.91 Å². The van der Waals surface area contributed by atoms with Crippen molar-refractivity contribution < 1.29 is 14.3 Å². The Morgan fingerprint density at radius 2 is 2.00 bits per heavy atom. The standard InChI is InChI=1S/C24H28N6O3.ClH/c1-32-18-3-4-20-19(14-18)21(6-7-26-20)30-12-10-29(11-13-30)9-8-25-15-17-2-5-22-24(27-17)28-23(31)16-33-22;/h2-7,14,25H,8-13,15-16H2,1H3,(H,27,28,31);1H.